The Bertz CT molecular complexity index is 3480. The largest absolute Gasteiger partial charge is 0.310 e. The second kappa shape index (κ2) is 13.7. The van der Waals surface area contributed by atoms with E-state index in [9.17, 15) is 0 Å². The van der Waals surface area contributed by atoms with Crippen molar-refractivity contribution in [3.05, 3.63) is 230 Å². The van der Waals surface area contributed by atoms with E-state index in [0.717, 1.165) is 17.1 Å². The normalized spacial score (nSPS) is 12.9. The molecule has 61 heavy (non-hydrogen) atoms. The second-order valence-electron chi connectivity index (χ2n) is 17.0. The molecule has 1 aliphatic rings. The summed E-state index contributed by atoms with van der Waals surface area (Å²) in [6.07, 6.45) is 0. The van der Waals surface area contributed by atoms with Crippen molar-refractivity contribution >= 4 is 60.4 Å². The maximum atomic E-state index is 2.42. The van der Waals surface area contributed by atoms with Gasteiger partial charge in [0.25, 0.3) is 0 Å². The first-order chi connectivity index (χ1) is 30.0. The molecule has 288 valence electrons. The van der Waals surface area contributed by atoms with E-state index in [1.54, 1.807) is 0 Å². The summed E-state index contributed by atoms with van der Waals surface area (Å²) in [6.45, 7) is 4.71. The first kappa shape index (κ1) is 35.3. The lowest BCUT2D eigenvalue weighted by atomic mass is 9.82. The van der Waals surface area contributed by atoms with Gasteiger partial charge in [-0.2, -0.15) is 0 Å². The number of rotatable bonds is 6. The number of fused-ring (bicyclic) bond motifs is 9. The van der Waals surface area contributed by atoms with E-state index in [4.69, 9.17) is 0 Å². The summed E-state index contributed by atoms with van der Waals surface area (Å²) < 4.78 is 2.38. The Kier molecular flexibility index (Phi) is 7.92. The van der Waals surface area contributed by atoms with Crippen molar-refractivity contribution in [2.45, 2.75) is 19.3 Å². The Morgan fingerprint density at radius 2 is 0.902 bits per heavy atom. The standard InChI is InChI=1S/C59H42N2/c1-59(2)55-19-11-9-17-51(55)52-33-30-48(38-56(52)59)60(46-27-23-40(24-28-46)39-13-5-3-6-14-39)47-29-32-50-44(36-47)22-21-43-35-41(25-31-49(43)50)42-26-34-58-54(37-42)53-18-10-12-20-57(53)61(58)45-15-7-4-8-16-45/h3-38H,1-2H3. The van der Waals surface area contributed by atoms with Crippen molar-refractivity contribution in [3.8, 4) is 39.1 Å². The molecule has 0 spiro atoms. The highest BCUT2D eigenvalue weighted by molar-refractivity contribution is 6.12. The molecule has 0 aliphatic heterocycles. The van der Waals surface area contributed by atoms with Gasteiger partial charge in [0.15, 0.2) is 0 Å². The van der Waals surface area contributed by atoms with Crippen LogP contribution in [0.5, 0.6) is 0 Å². The van der Waals surface area contributed by atoms with E-state index >= 15 is 0 Å². The number of anilines is 3. The van der Waals surface area contributed by atoms with Gasteiger partial charge in [-0.1, -0.05) is 159 Å². The third kappa shape index (κ3) is 5.64. The Labute approximate surface area is 356 Å². The molecule has 12 rings (SSSR count). The molecule has 0 fully saturated rings. The summed E-state index contributed by atoms with van der Waals surface area (Å²) in [5.41, 5.74) is 17.2. The van der Waals surface area contributed by atoms with Crippen LogP contribution in [0.1, 0.15) is 25.0 Å². The molecule has 11 aromatic rings. The Hall–Kier alpha value is -7.68. The van der Waals surface area contributed by atoms with Crippen molar-refractivity contribution in [2.24, 2.45) is 0 Å². The molecule has 0 amide bonds. The average Bonchev–Trinajstić information content (AvgIpc) is 3.77. The topological polar surface area (TPSA) is 8.17 Å². The molecular formula is C59H42N2. The third-order valence-corrected chi connectivity index (χ3v) is 13.2. The Balaban J connectivity index is 0.949. The summed E-state index contributed by atoms with van der Waals surface area (Å²) in [7, 11) is 0. The number of hydrogen-bond donors (Lipinski definition) is 0. The van der Waals surface area contributed by atoms with E-state index < -0.39 is 0 Å². The van der Waals surface area contributed by atoms with Gasteiger partial charge in [0.05, 0.1) is 11.0 Å². The van der Waals surface area contributed by atoms with Crippen molar-refractivity contribution in [2.75, 3.05) is 4.90 Å². The predicted molar refractivity (Wildman–Crippen MR) is 259 cm³/mol. The van der Waals surface area contributed by atoms with E-state index in [-0.39, 0.29) is 5.41 Å². The molecule has 1 aromatic heterocycles. The minimum atomic E-state index is -0.0985. The maximum absolute atomic E-state index is 2.42. The summed E-state index contributed by atoms with van der Waals surface area (Å²) in [4.78, 5) is 2.42. The van der Waals surface area contributed by atoms with Crippen molar-refractivity contribution in [1.82, 2.24) is 4.57 Å². The molecule has 2 heteroatoms. The van der Waals surface area contributed by atoms with Crippen LogP contribution < -0.4 is 4.90 Å². The zero-order valence-electron chi connectivity index (χ0n) is 34.2. The summed E-state index contributed by atoms with van der Waals surface area (Å²) in [5, 5.41) is 7.48. The van der Waals surface area contributed by atoms with E-state index in [0.29, 0.717) is 0 Å². The molecular weight excluding hydrogens is 737 g/mol. The lowest BCUT2D eigenvalue weighted by molar-refractivity contribution is 0.660. The summed E-state index contributed by atoms with van der Waals surface area (Å²) in [5.74, 6) is 0. The molecule has 2 nitrogen and oxygen atoms in total. The zero-order chi connectivity index (χ0) is 40.7. The van der Waals surface area contributed by atoms with Gasteiger partial charge in [0.2, 0.25) is 0 Å². The first-order valence-electron chi connectivity index (χ1n) is 21.3. The fourth-order valence-corrected chi connectivity index (χ4v) is 10.1. The molecule has 10 aromatic carbocycles. The van der Waals surface area contributed by atoms with Gasteiger partial charge in [-0.15, -0.1) is 0 Å². The highest BCUT2D eigenvalue weighted by atomic mass is 15.1. The van der Waals surface area contributed by atoms with E-state index in [2.05, 4.69) is 242 Å². The van der Waals surface area contributed by atoms with Gasteiger partial charge in [-0.25, -0.2) is 0 Å². The van der Waals surface area contributed by atoms with Gasteiger partial charge in [-0.3, -0.25) is 0 Å². The SMILES string of the molecule is CC1(C)c2ccccc2-c2ccc(N(c3ccc(-c4ccccc4)cc3)c3ccc4c(ccc5cc(-c6ccc7c(c6)c6ccccc6n7-c6ccccc6)ccc54)c3)cc21. The highest BCUT2D eigenvalue weighted by Gasteiger charge is 2.35. The quantitative estimate of drug-likeness (QED) is 0.153. The van der Waals surface area contributed by atoms with E-state index in [1.807, 2.05) is 0 Å². The van der Waals surface area contributed by atoms with Crippen molar-refractivity contribution < 1.29 is 0 Å². The molecule has 1 heterocycles. The molecule has 0 radical (unpaired) electrons. The van der Waals surface area contributed by atoms with Crippen LogP contribution >= 0.6 is 0 Å². The van der Waals surface area contributed by atoms with Crippen LogP contribution in [0, 0.1) is 0 Å². The number of aromatic nitrogens is 1. The number of benzene rings is 10. The van der Waals surface area contributed by atoms with Crippen LogP contribution in [0.25, 0.3) is 82.4 Å². The molecule has 0 atom stereocenters. The number of para-hydroxylation sites is 2. The van der Waals surface area contributed by atoms with Gasteiger partial charge in [0.1, 0.15) is 0 Å². The zero-order valence-corrected chi connectivity index (χ0v) is 34.2. The Morgan fingerprint density at radius 1 is 0.344 bits per heavy atom. The fourth-order valence-electron chi connectivity index (χ4n) is 10.1. The fraction of sp³-hybridized carbons (Fsp3) is 0.0508. The monoisotopic (exact) mass is 778 g/mol. The molecule has 0 saturated heterocycles. The van der Waals surface area contributed by atoms with Crippen LogP contribution in [0.3, 0.4) is 0 Å². The third-order valence-electron chi connectivity index (χ3n) is 13.2. The average molecular weight is 779 g/mol. The summed E-state index contributed by atoms with van der Waals surface area (Å²) in [6, 6.07) is 80.4. The second-order valence-corrected chi connectivity index (χ2v) is 17.0. The molecule has 0 unspecified atom stereocenters. The lowest BCUT2D eigenvalue weighted by Gasteiger charge is -2.28. The smallest absolute Gasteiger partial charge is 0.0541 e. The minimum Gasteiger partial charge on any atom is -0.310 e. The number of nitrogens with zero attached hydrogens (tertiary/aromatic N) is 2. The lowest BCUT2D eigenvalue weighted by Crippen LogP contribution is -2.16. The highest BCUT2D eigenvalue weighted by Crippen LogP contribution is 2.51. The Morgan fingerprint density at radius 3 is 1.72 bits per heavy atom. The molecule has 0 bridgehead atoms. The maximum Gasteiger partial charge on any atom is 0.0541 e. The van der Waals surface area contributed by atoms with Crippen LogP contribution in [0.15, 0.2) is 218 Å². The van der Waals surface area contributed by atoms with Crippen LogP contribution in [0.4, 0.5) is 17.1 Å². The van der Waals surface area contributed by atoms with Crippen LogP contribution in [-0.2, 0) is 5.41 Å². The first-order valence-corrected chi connectivity index (χ1v) is 21.3. The van der Waals surface area contributed by atoms with Gasteiger partial charge in [0, 0.05) is 38.9 Å². The van der Waals surface area contributed by atoms with Crippen LogP contribution in [0.2, 0.25) is 0 Å². The van der Waals surface area contributed by atoms with Crippen molar-refractivity contribution in [3.63, 3.8) is 0 Å². The minimum absolute atomic E-state index is 0.0985. The summed E-state index contributed by atoms with van der Waals surface area (Å²) >= 11 is 0. The van der Waals surface area contributed by atoms with Gasteiger partial charge in [-0.05, 0) is 139 Å². The van der Waals surface area contributed by atoms with Gasteiger partial charge >= 0.3 is 0 Å². The van der Waals surface area contributed by atoms with Crippen LogP contribution in [-0.4, -0.2) is 4.57 Å². The van der Waals surface area contributed by atoms with E-state index in [1.165, 1.54) is 93.5 Å². The number of hydrogen-bond acceptors (Lipinski definition) is 1. The van der Waals surface area contributed by atoms with Crippen molar-refractivity contribution in [1.29, 1.82) is 0 Å². The van der Waals surface area contributed by atoms with Gasteiger partial charge < -0.3 is 9.47 Å². The molecule has 1 aliphatic carbocycles. The molecule has 0 N–H and O–H groups in total. The predicted octanol–water partition coefficient (Wildman–Crippen LogP) is 16.2. The molecule has 0 saturated carbocycles.